The number of amides is 6. The van der Waals surface area contributed by atoms with Crippen LogP contribution < -0.4 is 11.1 Å². The number of nitrogens with one attached hydrogen (secondary N) is 1. The van der Waals surface area contributed by atoms with Gasteiger partial charge in [-0.3, -0.25) is 57.7 Å². The van der Waals surface area contributed by atoms with Crippen LogP contribution in [0, 0.1) is 47.3 Å². The lowest BCUT2D eigenvalue weighted by atomic mass is 9.83. The fourth-order valence-electron chi connectivity index (χ4n) is 12.1. The molecule has 21 nitrogen and oxygen atoms in total. The number of rotatable bonds is 40. The SMILES string of the molecule is CC[C@H](C)[C@@H]([C@@H](CC(=O)N1CCC[C@H]1[C@H](OC)[C@@H](C)C(=O)CS(=O)(=O)c1ccc(CC(=O)[C@H](CCCCC(N)=O)NC(=O)[C@@H](CC(=O)CCOCCN2C(=O)CC(C)C2=O)C(C)C)cc1)OC)N(C)C(=O)[C@@H](CC(=O)[C@H](C(C)C)N(C)C)C(C)C. The van der Waals surface area contributed by atoms with Crippen LogP contribution in [0.1, 0.15) is 152 Å². The van der Waals surface area contributed by atoms with E-state index in [0.717, 1.165) is 4.90 Å². The van der Waals surface area contributed by atoms with E-state index in [1.165, 1.54) is 38.5 Å². The molecular weight excluding hydrogens is 1110 g/mol. The molecule has 3 rings (SSSR count). The molecule has 6 amide bonds. The summed E-state index contributed by atoms with van der Waals surface area (Å²) in [5.41, 5.74) is 5.79. The molecule has 480 valence electrons. The van der Waals surface area contributed by atoms with Crippen LogP contribution in [-0.2, 0) is 78.4 Å². The van der Waals surface area contributed by atoms with Crippen molar-refractivity contribution in [1.82, 2.24) is 24.9 Å². The summed E-state index contributed by atoms with van der Waals surface area (Å²) in [7, 11) is 4.15. The van der Waals surface area contributed by atoms with Crippen molar-refractivity contribution in [3.8, 4) is 0 Å². The average molecular weight is 1220 g/mol. The Balaban J connectivity index is 1.71. The Bertz CT molecular complexity index is 2550. The zero-order chi connectivity index (χ0) is 64.2. The largest absolute Gasteiger partial charge is 0.379 e. The minimum atomic E-state index is -4.23. The molecule has 2 aliphatic rings. The molecule has 0 aliphatic carbocycles. The maximum absolute atomic E-state index is 14.5. The number of hydrogen-bond acceptors (Lipinski definition) is 16. The van der Waals surface area contributed by atoms with Crippen LogP contribution >= 0.6 is 0 Å². The lowest BCUT2D eigenvalue weighted by molar-refractivity contribution is -0.149. The van der Waals surface area contributed by atoms with Gasteiger partial charge < -0.3 is 35.1 Å². The highest BCUT2D eigenvalue weighted by molar-refractivity contribution is 7.92. The van der Waals surface area contributed by atoms with Crippen molar-refractivity contribution in [1.29, 1.82) is 0 Å². The molecule has 0 bridgehead atoms. The topological polar surface area (TPSA) is 284 Å². The number of primary amides is 1. The minimum Gasteiger partial charge on any atom is -0.379 e. The van der Waals surface area contributed by atoms with E-state index in [4.69, 9.17) is 19.9 Å². The third-order valence-corrected chi connectivity index (χ3v) is 19.0. The Morgan fingerprint density at radius 3 is 1.95 bits per heavy atom. The normalized spacial score (nSPS) is 19.0. The second-order valence-electron chi connectivity index (χ2n) is 25.0. The number of likely N-dealkylation sites (tertiary alicyclic amines) is 2. The fraction of sp³-hybridized carbons (Fsp3) is 0.746. The number of ketones is 4. The van der Waals surface area contributed by atoms with Crippen molar-refractivity contribution in [3.63, 3.8) is 0 Å². The van der Waals surface area contributed by atoms with Gasteiger partial charge in [0.2, 0.25) is 35.4 Å². The Morgan fingerprint density at radius 2 is 1.42 bits per heavy atom. The Labute approximate surface area is 506 Å². The van der Waals surface area contributed by atoms with Gasteiger partial charge >= 0.3 is 0 Å². The quantitative estimate of drug-likeness (QED) is 0.0611. The standard InChI is InChI=1S/C63H102N6O15S/c1-16-41(8)59(67(13)63(79)48(39(4)5)35-52(72)58(40(6)7)66(11)12)54(82-14)36-57(76)68-28-19-21-50(68)60(83-15)43(10)53(73)37-85(80,81)46-25-23-44(24-26-46)33-51(71)49(20-17-18-22-55(64)74)65-61(77)47(38(2)3)34-45(70)27-30-84-31-29-69-56(75)32-42(9)62(69)78/h23-26,38-43,47-50,54,58-60H,16-22,27-37H2,1-15H3,(H2,64,74)(H,65,77)/t41-,42?,43-,47-,48-,49-,50-,54+,58-,59-,60+/m0/s1. The summed E-state index contributed by atoms with van der Waals surface area (Å²) in [5.74, 6) is -7.32. The number of sulfone groups is 1. The fourth-order valence-corrected chi connectivity index (χ4v) is 13.4. The predicted octanol–water partition coefficient (Wildman–Crippen LogP) is 5.44. The van der Waals surface area contributed by atoms with Crippen molar-refractivity contribution in [2.75, 3.05) is 67.4 Å². The molecule has 2 fully saturated rings. The second kappa shape index (κ2) is 34.9. The van der Waals surface area contributed by atoms with Crippen LogP contribution in [0.5, 0.6) is 0 Å². The zero-order valence-electron chi connectivity index (χ0n) is 53.5. The van der Waals surface area contributed by atoms with Gasteiger partial charge in [-0.1, -0.05) is 94.2 Å². The van der Waals surface area contributed by atoms with E-state index < -0.39 is 81.3 Å². The van der Waals surface area contributed by atoms with E-state index in [1.54, 1.807) is 44.5 Å². The van der Waals surface area contributed by atoms with Crippen LogP contribution in [0.2, 0.25) is 0 Å². The van der Waals surface area contributed by atoms with Crippen LogP contribution in [0.4, 0.5) is 0 Å². The molecule has 1 unspecified atom stereocenters. The first-order valence-electron chi connectivity index (χ1n) is 30.5. The third kappa shape index (κ3) is 21.5. The van der Waals surface area contributed by atoms with Crippen molar-refractivity contribution < 1.29 is 70.6 Å². The smallest absolute Gasteiger partial charge is 0.232 e. The minimum absolute atomic E-state index is 0.00686. The lowest BCUT2D eigenvalue weighted by Gasteiger charge is -2.41. The zero-order valence-corrected chi connectivity index (χ0v) is 54.3. The van der Waals surface area contributed by atoms with E-state index >= 15 is 0 Å². The molecule has 1 aromatic rings. The molecule has 11 atom stereocenters. The van der Waals surface area contributed by atoms with Gasteiger partial charge in [-0.15, -0.1) is 0 Å². The lowest BCUT2D eigenvalue weighted by Crippen LogP contribution is -2.54. The molecule has 1 aromatic carbocycles. The Morgan fingerprint density at radius 1 is 0.788 bits per heavy atom. The van der Waals surface area contributed by atoms with Crippen LogP contribution in [-0.4, -0.2) is 190 Å². The summed E-state index contributed by atoms with van der Waals surface area (Å²) in [6.07, 6.45) is 0.988. The molecule has 3 N–H and O–H groups in total. The molecule has 0 saturated carbocycles. The first kappa shape index (κ1) is 74.0. The van der Waals surface area contributed by atoms with Crippen molar-refractivity contribution in [2.45, 2.75) is 194 Å². The summed E-state index contributed by atoms with van der Waals surface area (Å²) in [5, 5.41) is 2.84. The summed E-state index contributed by atoms with van der Waals surface area (Å²) in [4.78, 5) is 139. The number of nitrogens with zero attached hydrogens (tertiary/aromatic N) is 4. The Hall–Kier alpha value is -5.29. The average Bonchev–Trinajstić information content (AvgIpc) is 4.27. The predicted molar refractivity (Wildman–Crippen MR) is 322 cm³/mol. The van der Waals surface area contributed by atoms with E-state index in [9.17, 15) is 56.4 Å². The van der Waals surface area contributed by atoms with E-state index in [0.29, 0.717) is 44.2 Å². The van der Waals surface area contributed by atoms with Gasteiger partial charge in [-0.05, 0) is 81.1 Å². The highest BCUT2D eigenvalue weighted by atomic mass is 32.2. The number of benzene rings is 1. The third-order valence-electron chi connectivity index (χ3n) is 17.3. The number of Topliss-reactive ketones (excluding diaryl/α,β-unsaturated/α-hetero) is 4. The van der Waals surface area contributed by atoms with Gasteiger partial charge in [0.25, 0.3) is 0 Å². The van der Waals surface area contributed by atoms with Crippen LogP contribution in [0.25, 0.3) is 0 Å². The number of methoxy groups -OCH3 is 2. The number of imide groups is 1. The van der Waals surface area contributed by atoms with Crippen LogP contribution in [0.3, 0.4) is 0 Å². The van der Waals surface area contributed by atoms with E-state index in [2.05, 4.69) is 5.32 Å². The number of nitrogens with two attached hydrogens (primary N) is 1. The number of unbranched alkanes of at least 4 members (excludes halogenated alkanes) is 1. The first-order chi connectivity index (χ1) is 39.8. The molecule has 0 spiro atoms. The molecule has 2 heterocycles. The van der Waals surface area contributed by atoms with Crippen LogP contribution in [0.15, 0.2) is 29.2 Å². The van der Waals surface area contributed by atoms with Gasteiger partial charge in [-0.2, -0.15) is 0 Å². The molecular formula is C63H102N6O15S. The number of likely N-dealkylation sites (N-methyl/N-ethyl adjacent to an activating group) is 2. The number of carbonyl (C=O) groups is 10. The van der Waals surface area contributed by atoms with Gasteiger partial charge in [-0.25, -0.2) is 8.42 Å². The highest BCUT2D eigenvalue weighted by Crippen LogP contribution is 2.32. The summed E-state index contributed by atoms with van der Waals surface area (Å²) >= 11 is 0. The first-order valence-corrected chi connectivity index (χ1v) is 32.2. The number of hydrogen-bond donors (Lipinski definition) is 2. The van der Waals surface area contributed by atoms with Gasteiger partial charge in [0.1, 0.15) is 11.5 Å². The maximum Gasteiger partial charge on any atom is 0.232 e. The Kier molecular flexibility index (Phi) is 30.4. The van der Waals surface area contributed by atoms with E-state index in [1.807, 2.05) is 60.5 Å². The number of carbonyl (C=O) groups excluding carboxylic acids is 10. The number of ether oxygens (including phenoxy) is 3. The van der Waals surface area contributed by atoms with Gasteiger partial charge in [0.05, 0.1) is 67.5 Å². The molecule has 22 heteroatoms. The molecule has 85 heavy (non-hydrogen) atoms. The van der Waals surface area contributed by atoms with Crippen molar-refractivity contribution >= 4 is 68.4 Å². The second-order valence-corrected chi connectivity index (χ2v) is 27.0. The van der Waals surface area contributed by atoms with Crippen molar-refractivity contribution in [2.24, 2.45) is 53.1 Å². The molecule has 2 aliphatic heterocycles. The molecule has 2 saturated heterocycles. The van der Waals surface area contributed by atoms with E-state index in [-0.39, 0.29) is 153 Å². The monoisotopic (exact) mass is 1210 g/mol. The van der Waals surface area contributed by atoms with Crippen molar-refractivity contribution in [3.05, 3.63) is 29.8 Å². The maximum atomic E-state index is 14.5. The summed E-state index contributed by atoms with van der Waals surface area (Å²) in [6.45, 7) is 19.2. The molecule has 0 aromatic heterocycles. The highest BCUT2D eigenvalue weighted by Gasteiger charge is 2.44. The summed E-state index contributed by atoms with van der Waals surface area (Å²) in [6, 6.07) is 3.11. The molecule has 0 radical (unpaired) electrons. The van der Waals surface area contributed by atoms with Gasteiger partial charge in [0.15, 0.2) is 27.2 Å². The van der Waals surface area contributed by atoms with Gasteiger partial charge in [0, 0.05) is 90.0 Å². The summed E-state index contributed by atoms with van der Waals surface area (Å²) < 4.78 is 45.3.